The predicted octanol–water partition coefficient (Wildman–Crippen LogP) is 5.18. The Bertz CT molecular complexity index is 944. The van der Waals surface area contributed by atoms with E-state index in [1.54, 1.807) is 12.1 Å². The zero-order valence-electron chi connectivity index (χ0n) is 20.2. The molecule has 2 amide bonds. The van der Waals surface area contributed by atoms with Gasteiger partial charge in [-0.25, -0.2) is 8.78 Å². The molecule has 2 saturated carbocycles. The summed E-state index contributed by atoms with van der Waals surface area (Å²) in [4.78, 5) is 40.1. The van der Waals surface area contributed by atoms with E-state index in [0.717, 1.165) is 32.1 Å². The van der Waals surface area contributed by atoms with E-state index in [2.05, 4.69) is 5.32 Å². The number of carbonyl (C=O) groups excluding carboxylic acids is 3. The van der Waals surface area contributed by atoms with Crippen LogP contribution in [0.2, 0.25) is 0 Å². The van der Waals surface area contributed by atoms with Gasteiger partial charge >= 0.3 is 0 Å². The molecule has 1 saturated heterocycles. The first-order chi connectivity index (χ1) is 16.2. The van der Waals surface area contributed by atoms with Crippen LogP contribution in [-0.2, 0) is 9.59 Å². The molecule has 2 atom stereocenters. The van der Waals surface area contributed by atoms with Crippen molar-refractivity contribution in [3.63, 3.8) is 0 Å². The summed E-state index contributed by atoms with van der Waals surface area (Å²) in [6.45, 7) is 4.38. The molecule has 1 heterocycles. The average molecular weight is 477 g/mol. The van der Waals surface area contributed by atoms with E-state index in [1.165, 1.54) is 11.0 Å². The smallest absolute Gasteiger partial charge is 0.260 e. The Balaban J connectivity index is 0.00000342. The first-order valence-corrected chi connectivity index (χ1v) is 12.8. The number of nitrogens with zero attached hydrogens (tertiary/aromatic N) is 1. The lowest BCUT2D eigenvalue weighted by molar-refractivity contribution is -0.139. The van der Waals surface area contributed by atoms with Crippen LogP contribution in [0.5, 0.6) is 0 Å². The van der Waals surface area contributed by atoms with E-state index in [0.29, 0.717) is 24.9 Å². The number of piperidine rings is 1. The van der Waals surface area contributed by atoms with E-state index >= 15 is 4.39 Å². The van der Waals surface area contributed by atoms with Crippen molar-refractivity contribution in [1.82, 2.24) is 10.2 Å². The topological polar surface area (TPSA) is 66.5 Å². The molecule has 1 unspecified atom stereocenters. The number of alkyl halides is 1. The molecule has 7 heteroatoms. The zero-order valence-corrected chi connectivity index (χ0v) is 20.2. The number of nitrogens with one attached hydrogen (secondary N) is 1. The Labute approximate surface area is 202 Å². The van der Waals surface area contributed by atoms with Gasteiger partial charge in [-0.2, -0.15) is 0 Å². The Hall–Kier alpha value is -2.31. The van der Waals surface area contributed by atoms with Crippen molar-refractivity contribution in [1.29, 1.82) is 0 Å². The maximum absolute atomic E-state index is 15.6. The summed E-state index contributed by atoms with van der Waals surface area (Å²) >= 11 is 0. The minimum atomic E-state index is -1.74. The van der Waals surface area contributed by atoms with E-state index in [1.807, 2.05) is 13.8 Å². The molecule has 0 bridgehead atoms. The normalized spacial score (nSPS) is 23.4. The van der Waals surface area contributed by atoms with Crippen LogP contribution in [0.25, 0.3) is 0 Å². The van der Waals surface area contributed by atoms with Gasteiger partial charge in [-0.3, -0.25) is 14.4 Å². The summed E-state index contributed by atoms with van der Waals surface area (Å²) in [5, 5.41) is 2.87. The highest BCUT2D eigenvalue weighted by molar-refractivity contribution is 5.98. The number of rotatable bonds is 7. The first kappa shape index (κ1) is 24.8. The van der Waals surface area contributed by atoms with Crippen LogP contribution in [0.3, 0.4) is 0 Å². The van der Waals surface area contributed by atoms with Crippen LogP contribution < -0.4 is 5.32 Å². The van der Waals surface area contributed by atoms with Crippen molar-refractivity contribution in [2.24, 2.45) is 11.8 Å². The third kappa shape index (κ3) is 5.18. The van der Waals surface area contributed by atoms with Crippen LogP contribution in [-0.4, -0.2) is 47.3 Å². The van der Waals surface area contributed by atoms with E-state index in [9.17, 15) is 18.8 Å². The molecule has 3 fully saturated rings. The van der Waals surface area contributed by atoms with Crippen LogP contribution >= 0.6 is 0 Å². The molecular weight excluding hydrogens is 438 g/mol. The molecular formula is C27H38F2N2O3. The Kier molecular flexibility index (Phi) is 7.39. The van der Waals surface area contributed by atoms with Gasteiger partial charge in [0, 0.05) is 26.4 Å². The zero-order chi connectivity index (χ0) is 24.5. The molecule has 188 valence electrons. The van der Waals surface area contributed by atoms with Gasteiger partial charge in [0.05, 0.1) is 11.6 Å². The fraction of sp³-hybridized carbons (Fsp3) is 0.667. The number of amides is 2. The summed E-state index contributed by atoms with van der Waals surface area (Å²) in [5.74, 6) is -2.13. The molecule has 4 rings (SSSR count). The van der Waals surface area contributed by atoms with Gasteiger partial charge in [0.1, 0.15) is 5.82 Å². The molecule has 3 aliphatic rings. The van der Waals surface area contributed by atoms with Gasteiger partial charge in [-0.15, -0.1) is 0 Å². The SMILES string of the molecule is CC(C)C(=O)[C@H](NC(=O)c1cccc(C2CCCN(C(=O)C3(F)CC3)C2)c1F)C1CCCCC1.[HH]. The van der Waals surface area contributed by atoms with Gasteiger partial charge in [0.2, 0.25) is 0 Å². The van der Waals surface area contributed by atoms with Crippen molar-refractivity contribution in [3.05, 3.63) is 35.1 Å². The fourth-order valence-electron chi connectivity index (χ4n) is 5.53. The molecule has 0 radical (unpaired) electrons. The van der Waals surface area contributed by atoms with Gasteiger partial charge < -0.3 is 10.2 Å². The van der Waals surface area contributed by atoms with Crippen molar-refractivity contribution in [2.45, 2.75) is 89.3 Å². The second-order valence-electron chi connectivity index (χ2n) is 10.7. The lowest BCUT2D eigenvalue weighted by Gasteiger charge is -2.34. The molecule has 2 aliphatic carbocycles. The standard InChI is InChI=1S/C27H36F2N2O3.H2/c1-17(2)24(32)23(18-8-4-3-5-9-18)30-25(33)21-12-6-11-20(22(21)28)19-10-7-15-31(16-19)26(34)27(29)13-14-27;/h6,11-12,17-19,23H,3-5,7-10,13-16H2,1-2H3,(H,30,33);1H/t19?,23-;/m1./s1. The first-order valence-electron chi connectivity index (χ1n) is 12.8. The lowest BCUT2D eigenvalue weighted by atomic mass is 9.80. The second kappa shape index (κ2) is 10.1. The summed E-state index contributed by atoms with van der Waals surface area (Å²) in [6.07, 6.45) is 6.81. The molecule has 1 aromatic rings. The van der Waals surface area contributed by atoms with Gasteiger partial charge in [-0.05, 0) is 56.1 Å². The summed E-state index contributed by atoms with van der Waals surface area (Å²) in [7, 11) is 0. The molecule has 1 aliphatic heterocycles. The molecule has 34 heavy (non-hydrogen) atoms. The van der Waals surface area contributed by atoms with Gasteiger partial charge in [0.25, 0.3) is 11.8 Å². The molecule has 1 N–H and O–H groups in total. The quantitative estimate of drug-likeness (QED) is 0.589. The minimum Gasteiger partial charge on any atom is -0.342 e. The second-order valence-corrected chi connectivity index (χ2v) is 10.7. The number of Topliss-reactive ketones (excluding diaryl/α,β-unsaturated/α-hetero) is 1. The fourth-order valence-corrected chi connectivity index (χ4v) is 5.53. The molecule has 5 nitrogen and oxygen atoms in total. The van der Waals surface area contributed by atoms with Crippen molar-refractivity contribution < 1.29 is 24.6 Å². The van der Waals surface area contributed by atoms with Gasteiger partial charge in [-0.1, -0.05) is 45.2 Å². The minimum absolute atomic E-state index is 0. The number of ketones is 1. The van der Waals surface area contributed by atoms with Crippen LogP contribution in [0.15, 0.2) is 18.2 Å². The average Bonchev–Trinajstić information content (AvgIpc) is 3.60. The molecule has 0 aromatic heterocycles. The third-order valence-electron chi connectivity index (χ3n) is 7.78. The summed E-state index contributed by atoms with van der Waals surface area (Å²) in [5.41, 5.74) is -1.44. The number of benzene rings is 1. The third-order valence-corrected chi connectivity index (χ3v) is 7.78. The Morgan fingerprint density at radius 3 is 2.44 bits per heavy atom. The summed E-state index contributed by atoms with van der Waals surface area (Å²) < 4.78 is 29.9. The monoisotopic (exact) mass is 476 g/mol. The maximum atomic E-state index is 15.6. The van der Waals surface area contributed by atoms with Crippen molar-refractivity contribution in [2.75, 3.05) is 13.1 Å². The number of likely N-dealkylation sites (tertiary alicyclic amines) is 1. The number of carbonyl (C=O) groups is 3. The molecule has 1 aromatic carbocycles. The van der Waals surface area contributed by atoms with Crippen molar-refractivity contribution in [3.8, 4) is 0 Å². The van der Waals surface area contributed by atoms with E-state index < -0.39 is 29.3 Å². The lowest BCUT2D eigenvalue weighted by Crippen LogP contribution is -2.48. The predicted molar refractivity (Wildman–Crippen MR) is 128 cm³/mol. The largest absolute Gasteiger partial charge is 0.342 e. The van der Waals surface area contributed by atoms with E-state index in [-0.39, 0.29) is 49.9 Å². The number of hydrogen-bond acceptors (Lipinski definition) is 3. The number of halogens is 2. The maximum Gasteiger partial charge on any atom is 0.260 e. The highest BCUT2D eigenvalue weighted by Gasteiger charge is 2.53. The Morgan fingerprint density at radius 2 is 1.79 bits per heavy atom. The summed E-state index contributed by atoms with van der Waals surface area (Å²) in [6, 6.07) is 4.12. The molecule has 0 spiro atoms. The van der Waals surface area contributed by atoms with E-state index in [4.69, 9.17) is 0 Å². The highest BCUT2D eigenvalue weighted by Crippen LogP contribution is 2.43. The number of hydrogen-bond donors (Lipinski definition) is 1. The Morgan fingerprint density at radius 1 is 1.09 bits per heavy atom. The van der Waals surface area contributed by atoms with Crippen molar-refractivity contribution >= 4 is 17.6 Å². The highest BCUT2D eigenvalue weighted by atomic mass is 19.1. The van der Waals surface area contributed by atoms with Crippen LogP contribution in [0.1, 0.15) is 94.9 Å². The van der Waals surface area contributed by atoms with Crippen LogP contribution in [0.4, 0.5) is 8.78 Å². The van der Waals surface area contributed by atoms with Crippen LogP contribution in [0, 0.1) is 17.7 Å². The van der Waals surface area contributed by atoms with Gasteiger partial charge in [0.15, 0.2) is 11.5 Å².